The van der Waals surface area contributed by atoms with Gasteiger partial charge in [-0.3, -0.25) is 9.69 Å². The standard InChI is InChI=1S/C20H33N5O2S.HI/c1-16-5-6-17(18(13-16)28-4)14-22-20(23-15-19(26)24(2)3)21-7-8-25-9-11-27-12-10-25;/h5-6,13H,7-12,14-15H2,1-4H3,(H2,21,22,23);1H. The number of nitrogens with zero attached hydrogens (tertiary/aromatic N) is 3. The van der Waals surface area contributed by atoms with Gasteiger partial charge in [-0.25, -0.2) is 4.99 Å². The summed E-state index contributed by atoms with van der Waals surface area (Å²) in [5.74, 6) is 0.680. The van der Waals surface area contributed by atoms with Crippen LogP contribution in [0, 0.1) is 6.92 Å². The molecule has 2 rings (SSSR count). The molecule has 1 aliphatic rings. The van der Waals surface area contributed by atoms with Crippen molar-refractivity contribution in [2.75, 3.05) is 66.3 Å². The molecule has 0 aliphatic carbocycles. The fourth-order valence-electron chi connectivity index (χ4n) is 2.80. The molecule has 2 N–H and O–H groups in total. The average molecular weight is 535 g/mol. The van der Waals surface area contributed by atoms with Gasteiger partial charge in [-0.05, 0) is 30.4 Å². The molecule has 9 heteroatoms. The number of ether oxygens (including phenoxy) is 1. The summed E-state index contributed by atoms with van der Waals surface area (Å²) in [5.41, 5.74) is 2.43. The van der Waals surface area contributed by atoms with Crippen LogP contribution < -0.4 is 10.6 Å². The fraction of sp³-hybridized carbons (Fsp3) is 0.600. The van der Waals surface area contributed by atoms with E-state index in [4.69, 9.17) is 9.73 Å². The summed E-state index contributed by atoms with van der Waals surface area (Å²) < 4.78 is 5.39. The van der Waals surface area contributed by atoms with Crippen LogP contribution in [0.2, 0.25) is 0 Å². The molecule has 164 valence electrons. The Morgan fingerprint density at radius 1 is 1.28 bits per heavy atom. The van der Waals surface area contributed by atoms with E-state index in [9.17, 15) is 4.79 Å². The summed E-state index contributed by atoms with van der Waals surface area (Å²) in [6.45, 7) is 8.08. The highest BCUT2D eigenvalue weighted by Crippen LogP contribution is 2.22. The molecule has 1 aromatic rings. The lowest BCUT2D eigenvalue weighted by atomic mass is 10.1. The molecular formula is C20H34IN5O2S. The first-order chi connectivity index (χ1) is 13.5. The molecule has 1 aromatic carbocycles. The molecule has 0 bridgehead atoms. The highest BCUT2D eigenvalue weighted by atomic mass is 127. The first-order valence-corrected chi connectivity index (χ1v) is 10.9. The van der Waals surface area contributed by atoms with E-state index >= 15 is 0 Å². The number of thioether (sulfide) groups is 1. The zero-order valence-electron chi connectivity index (χ0n) is 17.9. The second-order valence-corrected chi connectivity index (χ2v) is 7.85. The van der Waals surface area contributed by atoms with E-state index in [0.29, 0.717) is 12.5 Å². The van der Waals surface area contributed by atoms with Gasteiger partial charge in [-0.2, -0.15) is 0 Å². The minimum atomic E-state index is 0. The Hall–Kier alpha value is -1.04. The van der Waals surface area contributed by atoms with Crippen molar-refractivity contribution in [3.8, 4) is 0 Å². The van der Waals surface area contributed by atoms with E-state index in [1.165, 1.54) is 16.0 Å². The van der Waals surface area contributed by atoms with Crippen LogP contribution in [0.3, 0.4) is 0 Å². The Morgan fingerprint density at radius 3 is 2.66 bits per heavy atom. The molecule has 0 unspecified atom stereocenters. The van der Waals surface area contributed by atoms with Crippen LogP contribution in [0.15, 0.2) is 28.1 Å². The second kappa shape index (κ2) is 14.1. The number of nitrogens with one attached hydrogen (secondary N) is 2. The van der Waals surface area contributed by atoms with Crippen molar-refractivity contribution >= 4 is 47.6 Å². The summed E-state index contributed by atoms with van der Waals surface area (Å²) in [4.78, 5) is 21.8. The van der Waals surface area contributed by atoms with Gasteiger partial charge in [0.25, 0.3) is 0 Å². The van der Waals surface area contributed by atoms with Gasteiger partial charge in [-0.15, -0.1) is 35.7 Å². The normalized spacial score (nSPS) is 14.8. The van der Waals surface area contributed by atoms with E-state index in [0.717, 1.165) is 39.4 Å². The molecule has 1 amide bonds. The van der Waals surface area contributed by atoms with Crippen LogP contribution in [0.25, 0.3) is 0 Å². The zero-order chi connectivity index (χ0) is 20.4. The van der Waals surface area contributed by atoms with Crippen LogP contribution in [0.1, 0.15) is 11.1 Å². The Kier molecular flexibility index (Phi) is 12.6. The van der Waals surface area contributed by atoms with Gasteiger partial charge in [0.2, 0.25) is 5.91 Å². The number of likely N-dealkylation sites (N-methyl/N-ethyl adjacent to an activating group) is 1. The van der Waals surface area contributed by atoms with Gasteiger partial charge in [0.15, 0.2) is 5.96 Å². The van der Waals surface area contributed by atoms with Gasteiger partial charge in [0.05, 0.1) is 26.3 Å². The molecule has 1 saturated heterocycles. The smallest absolute Gasteiger partial charge is 0.241 e. The van der Waals surface area contributed by atoms with Crippen molar-refractivity contribution in [3.63, 3.8) is 0 Å². The van der Waals surface area contributed by atoms with Gasteiger partial charge >= 0.3 is 0 Å². The summed E-state index contributed by atoms with van der Waals surface area (Å²) >= 11 is 1.73. The van der Waals surface area contributed by atoms with Gasteiger partial charge in [0, 0.05) is 45.2 Å². The summed E-state index contributed by atoms with van der Waals surface area (Å²) in [6.07, 6.45) is 2.08. The third-order valence-corrected chi connectivity index (χ3v) is 5.40. The van der Waals surface area contributed by atoms with Crippen LogP contribution in [-0.2, 0) is 16.1 Å². The maximum Gasteiger partial charge on any atom is 0.241 e. The molecule has 0 atom stereocenters. The SMILES string of the molecule is CSc1cc(C)ccc1CN=C(NCCN1CCOCC1)NCC(=O)N(C)C.I. The lowest BCUT2D eigenvalue weighted by molar-refractivity contribution is -0.127. The predicted molar refractivity (Wildman–Crippen MR) is 131 cm³/mol. The number of carbonyl (C=O) groups is 1. The number of rotatable bonds is 8. The van der Waals surface area contributed by atoms with Gasteiger partial charge < -0.3 is 20.3 Å². The number of benzene rings is 1. The number of hydrogen-bond acceptors (Lipinski definition) is 5. The molecule has 0 spiro atoms. The first kappa shape index (κ1) is 26.0. The molecule has 1 aliphatic heterocycles. The zero-order valence-corrected chi connectivity index (χ0v) is 21.0. The minimum absolute atomic E-state index is 0. The Labute approximate surface area is 196 Å². The lowest BCUT2D eigenvalue weighted by Gasteiger charge is -2.26. The van der Waals surface area contributed by atoms with E-state index in [1.807, 2.05) is 0 Å². The number of guanidine groups is 1. The summed E-state index contributed by atoms with van der Waals surface area (Å²) in [6, 6.07) is 6.42. The maximum absolute atomic E-state index is 11.9. The number of hydrogen-bond donors (Lipinski definition) is 2. The molecule has 0 aromatic heterocycles. The number of morpholine rings is 1. The average Bonchev–Trinajstić information content (AvgIpc) is 2.70. The first-order valence-electron chi connectivity index (χ1n) is 9.65. The Morgan fingerprint density at radius 2 is 2.00 bits per heavy atom. The second-order valence-electron chi connectivity index (χ2n) is 7.00. The number of aliphatic imine (C=N–C) groups is 1. The largest absolute Gasteiger partial charge is 0.379 e. The number of carbonyl (C=O) groups excluding carboxylic acids is 1. The lowest BCUT2D eigenvalue weighted by Crippen LogP contribution is -2.46. The Bertz CT molecular complexity index is 666. The molecule has 0 saturated carbocycles. The molecule has 29 heavy (non-hydrogen) atoms. The number of halogens is 1. The van der Waals surface area contributed by atoms with Crippen molar-refractivity contribution in [1.82, 2.24) is 20.4 Å². The molecule has 0 radical (unpaired) electrons. The van der Waals surface area contributed by atoms with Crippen LogP contribution in [-0.4, -0.2) is 88.0 Å². The van der Waals surface area contributed by atoms with Crippen LogP contribution in [0.4, 0.5) is 0 Å². The molecule has 1 fully saturated rings. The highest BCUT2D eigenvalue weighted by molar-refractivity contribution is 14.0. The molecular weight excluding hydrogens is 501 g/mol. The minimum Gasteiger partial charge on any atom is -0.379 e. The van der Waals surface area contributed by atoms with Gasteiger partial charge in [0.1, 0.15) is 0 Å². The highest BCUT2D eigenvalue weighted by Gasteiger charge is 2.11. The summed E-state index contributed by atoms with van der Waals surface area (Å²) in [5, 5.41) is 6.51. The number of aryl methyl sites for hydroxylation is 1. The summed E-state index contributed by atoms with van der Waals surface area (Å²) in [7, 11) is 3.51. The van der Waals surface area contributed by atoms with E-state index in [2.05, 4.69) is 46.9 Å². The van der Waals surface area contributed by atoms with Crippen molar-refractivity contribution in [3.05, 3.63) is 29.3 Å². The molecule has 1 heterocycles. The van der Waals surface area contributed by atoms with E-state index < -0.39 is 0 Å². The fourth-order valence-corrected chi connectivity index (χ4v) is 3.49. The van der Waals surface area contributed by atoms with Gasteiger partial charge in [-0.1, -0.05) is 12.1 Å². The molecule has 7 nitrogen and oxygen atoms in total. The van der Waals surface area contributed by atoms with Crippen molar-refractivity contribution < 1.29 is 9.53 Å². The Balaban J connectivity index is 0.00000420. The quantitative estimate of drug-likeness (QED) is 0.229. The van der Waals surface area contributed by atoms with Crippen LogP contribution in [0.5, 0.6) is 0 Å². The monoisotopic (exact) mass is 535 g/mol. The number of amides is 1. The third-order valence-electron chi connectivity index (χ3n) is 4.58. The third kappa shape index (κ3) is 9.54. The predicted octanol–water partition coefficient (Wildman–Crippen LogP) is 1.79. The van der Waals surface area contributed by atoms with Crippen molar-refractivity contribution in [2.24, 2.45) is 4.99 Å². The van der Waals surface area contributed by atoms with Crippen LogP contribution >= 0.6 is 35.7 Å². The maximum atomic E-state index is 11.9. The van der Waals surface area contributed by atoms with Crippen molar-refractivity contribution in [1.29, 1.82) is 0 Å². The topological polar surface area (TPSA) is 69.2 Å². The van der Waals surface area contributed by atoms with Crippen molar-refractivity contribution in [2.45, 2.75) is 18.4 Å². The van der Waals surface area contributed by atoms with E-state index in [1.54, 1.807) is 30.8 Å². The van der Waals surface area contributed by atoms with E-state index in [-0.39, 0.29) is 36.4 Å².